The summed E-state index contributed by atoms with van der Waals surface area (Å²) in [5.41, 5.74) is 0.222. The van der Waals surface area contributed by atoms with Gasteiger partial charge in [0.15, 0.2) is 0 Å². The molecule has 0 heterocycles. The lowest BCUT2D eigenvalue weighted by atomic mass is 9.93. The molecular formula is C23H22F4N2O4. The number of carboxylic acid groups (broad SMARTS) is 1. The number of benzene rings is 2. The number of carboxylic acids is 1. The van der Waals surface area contributed by atoms with E-state index in [4.69, 9.17) is 0 Å². The Bertz CT molecular complexity index is 1110. The molecule has 1 atom stereocenters. The molecule has 3 N–H and O–H groups in total. The summed E-state index contributed by atoms with van der Waals surface area (Å²) in [6, 6.07) is 8.40. The Hall–Kier alpha value is -3.43. The van der Waals surface area contributed by atoms with E-state index in [0.29, 0.717) is 16.7 Å². The van der Waals surface area contributed by atoms with Gasteiger partial charge in [-0.1, -0.05) is 30.3 Å². The van der Waals surface area contributed by atoms with E-state index in [0.717, 1.165) is 6.07 Å². The van der Waals surface area contributed by atoms with Gasteiger partial charge in [-0.3, -0.25) is 9.59 Å². The van der Waals surface area contributed by atoms with Gasteiger partial charge in [0, 0.05) is 0 Å². The van der Waals surface area contributed by atoms with Crippen LogP contribution in [0.15, 0.2) is 36.4 Å². The molecule has 10 heteroatoms. The summed E-state index contributed by atoms with van der Waals surface area (Å²) in [6.07, 6.45) is -5.84. The summed E-state index contributed by atoms with van der Waals surface area (Å²) >= 11 is 0. The Balaban J connectivity index is 1.75. The fraction of sp³-hybridized carbons (Fsp3) is 0.348. The summed E-state index contributed by atoms with van der Waals surface area (Å²) in [7, 11) is 0. The highest BCUT2D eigenvalue weighted by atomic mass is 19.4. The van der Waals surface area contributed by atoms with Gasteiger partial charge in [0.25, 0.3) is 0 Å². The zero-order valence-electron chi connectivity index (χ0n) is 17.8. The van der Waals surface area contributed by atoms with Gasteiger partial charge in [0.05, 0.1) is 6.04 Å². The topological polar surface area (TPSA) is 95.5 Å². The standard InChI is InChI=1S/C23H22F4N2O4/c1-12-10-14(6-7-15(12)16-4-3-5-17(24)19(16)20(31)32)13(2)28-21(33)22(8-9-22)29-18(30)11-23(25,26)27/h3-7,10,13H,8-9,11H2,1-2H3,(H,28,33)(H,29,30)(H,31,32)/t13-/m1/s1. The summed E-state index contributed by atoms with van der Waals surface area (Å²) < 4.78 is 51.3. The minimum atomic E-state index is -4.66. The van der Waals surface area contributed by atoms with Crippen molar-refractivity contribution in [1.82, 2.24) is 10.6 Å². The van der Waals surface area contributed by atoms with Gasteiger partial charge in [-0.05, 0) is 55.0 Å². The number of rotatable bonds is 7. The number of hydrogen-bond acceptors (Lipinski definition) is 3. The van der Waals surface area contributed by atoms with E-state index in [1.807, 2.05) is 0 Å². The van der Waals surface area contributed by atoms with Crippen molar-refractivity contribution in [2.24, 2.45) is 0 Å². The maximum Gasteiger partial charge on any atom is 0.397 e. The quantitative estimate of drug-likeness (QED) is 0.531. The van der Waals surface area contributed by atoms with E-state index in [9.17, 15) is 37.1 Å². The number of halogens is 4. The van der Waals surface area contributed by atoms with Crippen LogP contribution in [0, 0.1) is 12.7 Å². The molecule has 1 saturated carbocycles. The number of nitrogens with one attached hydrogen (secondary N) is 2. The third kappa shape index (κ3) is 5.50. The van der Waals surface area contributed by atoms with Crippen molar-refractivity contribution in [2.45, 2.75) is 50.9 Å². The Morgan fingerprint density at radius 3 is 2.33 bits per heavy atom. The first-order valence-corrected chi connectivity index (χ1v) is 10.1. The predicted molar refractivity (Wildman–Crippen MR) is 111 cm³/mol. The van der Waals surface area contributed by atoms with Gasteiger partial charge in [0.1, 0.15) is 23.3 Å². The monoisotopic (exact) mass is 466 g/mol. The number of carbonyl (C=O) groups is 3. The van der Waals surface area contributed by atoms with E-state index in [1.54, 1.807) is 32.0 Å². The molecule has 2 aromatic rings. The van der Waals surface area contributed by atoms with Gasteiger partial charge < -0.3 is 15.7 Å². The van der Waals surface area contributed by atoms with Crippen LogP contribution in [0.2, 0.25) is 0 Å². The van der Waals surface area contributed by atoms with E-state index in [1.165, 1.54) is 12.1 Å². The van der Waals surface area contributed by atoms with Gasteiger partial charge in [-0.25, -0.2) is 9.18 Å². The molecule has 176 valence electrons. The van der Waals surface area contributed by atoms with E-state index in [-0.39, 0.29) is 18.4 Å². The highest BCUT2D eigenvalue weighted by Gasteiger charge is 2.52. The average Bonchev–Trinajstić information content (AvgIpc) is 3.46. The van der Waals surface area contributed by atoms with Crippen LogP contribution >= 0.6 is 0 Å². The molecule has 33 heavy (non-hydrogen) atoms. The minimum Gasteiger partial charge on any atom is -0.478 e. The van der Waals surface area contributed by atoms with Gasteiger partial charge >= 0.3 is 12.1 Å². The fourth-order valence-corrected chi connectivity index (χ4v) is 3.67. The summed E-state index contributed by atoms with van der Waals surface area (Å²) in [5.74, 6) is -4.08. The van der Waals surface area contributed by atoms with Crippen LogP contribution in [0.3, 0.4) is 0 Å². The zero-order valence-corrected chi connectivity index (χ0v) is 17.8. The number of alkyl halides is 3. The second-order valence-electron chi connectivity index (χ2n) is 8.16. The third-order valence-corrected chi connectivity index (χ3v) is 5.54. The Labute approximate surface area is 187 Å². The number of hydrogen-bond donors (Lipinski definition) is 3. The maximum absolute atomic E-state index is 14.0. The molecule has 3 rings (SSSR count). The lowest BCUT2D eigenvalue weighted by molar-refractivity contribution is -0.155. The molecule has 2 aromatic carbocycles. The van der Waals surface area contributed by atoms with Crippen LogP contribution in [-0.4, -0.2) is 34.6 Å². The molecule has 0 bridgehead atoms. The highest BCUT2D eigenvalue weighted by Crippen LogP contribution is 2.37. The molecule has 0 spiro atoms. The first kappa shape index (κ1) is 24.2. The number of amides is 2. The summed E-state index contributed by atoms with van der Waals surface area (Å²) in [4.78, 5) is 35.7. The first-order valence-electron chi connectivity index (χ1n) is 10.1. The molecular weight excluding hydrogens is 444 g/mol. The summed E-state index contributed by atoms with van der Waals surface area (Å²) in [5, 5.41) is 14.3. The first-order chi connectivity index (χ1) is 15.3. The molecule has 0 aliphatic heterocycles. The Kier molecular flexibility index (Phi) is 6.49. The van der Waals surface area contributed by atoms with E-state index < -0.39 is 53.3 Å². The van der Waals surface area contributed by atoms with E-state index >= 15 is 0 Å². The van der Waals surface area contributed by atoms with Crippen molar-refractivity contribution in [3.63, 3.8) is 0 Å². The molecule has 0 saturated heterocycles. The van der Waals surface area contributed by atoms with E-state index in [2.05, 4.69) is 10.6 Å². The minimum absolute atomic E-state index is 0.215. The second-order valence-corrected chi connectivity index (χ2v) is 8.16. The van der Waals surface area contributed by atoms with Crippen molar-refractivity contribution in [3.8, 4) is 11.1 Å². The molecule has 1 aliphatic carbocycles. The molecule has 0 unspecified atom stereocenters. The van der Waals surface area contributed by atoms with Gasteiger partial charge in [0.2, 0.25) is 11.8 Å². The number of aryl methyl sites for hydroxylation is 1. The van der Waals surface area contributed by atoms with Crippen molar-refractivity contribution >= 4 is 17.8 Å². The molecule has 6 nitrogen and oxygen atoms in total. The van der Waals surface area contributed by atoms with Crippen LogP contribution < -0.4 is 10.6 Å². The van der Waals surface area contributed by atoms with Gasteiger partial charge in [-0.15, -0.1) is 0 Å². The normalized spacial score (nSPS) is 15.5. The van der Waals surface area contributed by atoms with Gasteiger partial charge in [-0.2, -0.15) is 13.2 Å². The van der Waals surface area contributed by atoms with Crippen molar-refractivity contribution < 1.29 is 37.1 Å². The van der Waals surface area contributed by atoms with Crippen molar-refractivity contribution in [2.75, 3.05) is 0 Å². The predicted octanol–water partition coefficient (Wildman–Crippen LogP) is 4.28. The zero-order chi connectivity index (χ0) is 24.6. The molecule has 1 fully saturated rings. The maximum atomic E-state index is 14.0. The molecule has 0 radical (unpaired) electrons. The average molecular weight is 466 g/mol. The number of carbonyl (C=O) groups excluding carboxylic acids is 2. The lowest BCUT2D eigenvalue weighted by Gasteiger charge is -2.22. The van der Waals surface area contributed by atoms with Crippen LogP contribution in [0.4, 0.5) is 17.6 Å². The van der Waals surface area contributed by atoms with Crippen molar-refractivity contribution in [3.05, 3.63) is 58.9 Å². The van der Waals surface area contributed by atoms with Crippen LogP contribution in [0.5, 0.6) is 0 Å². The smallest absolute Gasteiger partial charge is 0.397 e. The SMILES string of the molecule is Cc1cc([C@@H](C)NC(=O)C2(NC(=O)CC(F)(F)F)CC2)ccc1-c1cccc(F)c1C(=O)O. The fourth-order valence-electron chi connectivity index (χ4n) is 3.67. The molecule has 2 amide bonds. The molecule has 1 aliphatic rings. The second kappa shape index (κ2) is 8.84. The molecule has 0 aromatic heterocycles. The van der Waals surface area contributed by atoms with Crippen LogP contribution in [-0.2, 0) is 9.59 Å². The van der Waals surface area contributed by atoms with Crippen molar-refractivity contribution in [1.29, 1.82) is 0 Å². The Morgan fingerprint density at radius 1 is 1.12 bits per heavy atom. The highest BCUT2D eigenvalue weighted by molar-refractivity contribution is 5.97. The van der Waals surface area contributed by atoms with Crippen LogP contribution in [0.25, 0.3) is 11.1 Å². The number of aromatic carboxylic acids is 1. The summed E-state index contributed by atoms with van der Waals surface area (Å²) in [6.45, 7) is 3.38. The van der Waals surface area contributed by atoms with Crippen LogP contribution in [0.1, 0.15) is 53.7 Å². The largest absolute Gasteiger partial charge is 0.478 e. The Morgan fingerprint density at radius 2 is 1.79 bits per heavy atom. The lowest BCUT2D eigenvalue weighted by Crippen LogP contribution is -2.50. The third-order valence-electron chi connectivity index (χ3n) is 5.54.